The molecule has 166 valence electrons. The van der Waals surface area contributed by atoms with E-state index in [4.69, 9.17) is 4.74 Å². The van der Waals surface area contributed by atoms with E-state index >= 15 is 0 Å². The summed E-state index contributed by atoms with van der Waals surface area (Å²) < 4.78 is 33.4. The summed E-state index contributed by atoms with van der Waals surface area (Å²) in [7, 11) is -3.85. The highest BCUT2D eigenvalue weighted by atomic mass is 32.2. The Balaban J connectivity index is 1.51. The quantitative estimate of drug-likeness (QED) is 0.647. The number of piperazine rings is 1. The van der Waals surface area contributed by atoms with Gasteiger partial charge >= 0.3 is 0 Å². The zero-order valence-electron chi connectivity index (χ0n) is 17.5. The van der Waals surface area contributed by atoms with Crippen LogP contribution in [0.15, 0.2) is 29.2 Å². The minimum Gasteiger partial charge on any atom is -0.377 e. The Morgan fingerprint density at radius 1 is 1.17 bits per heavy atom. The van der Waals surface area contributed by atoms with Gasteiger partial charge in [-0.25, -0.2) is 8.42 Å². The Morgan fingerprint density at radius 2 is 1.83 bits per heavy atom. The van der Waals surface area contributed by atoms with Gasteiger partial charge in [0.2, 0.25) is 21.8 Å². The molecule has 2 saturated heterocycles. The molecule has 0 spiro atoms. The molecule has 0 aliphatic carbocycles. The van der Waals surface area contributed by atoms with Gasteiger partial charge in [-0.05, 0) is 44.0 Å². The molecule has 0 aromatic heterocycles. The van der Waals surface area contributed by atoms with Gasteiger partial charge in [-0.15, -0.1) is 0 Å². The van der Waals surface area contributed by atoms with Crippen LogP contribution in [0.2, 0.25) is 0 Å². The van der Waals surface area contributed by atoms with Crippen LogP contribution < -0.4 is 10.0 Å². The maximum atomic E-state index is 12.7. The van der Waals surface area contributed by atoms with Crippen LogP contribution >= 0.6 is 0 Å². The van der Waals surface area contributed by atoms with E-state index in [2.05, 4.69) is 14.9 Å². The fraction of sp³-hybridized carbons (Fsp3) is 0.600. The maximum absolute atomic E-state index is 12.7. The highest BCUT2D eigenvalue weighted by Crippen LogP contribution is 2.16. The Labute approximate surface area is 177 Å². The Hall–Kier alpha value is -2.01. The van der Waals surface area contributed by atoms with Crippen LogP contribution in [0.25, 0.3) is 0 Å². The highest BCUT2D eigenvalue weighted by Gasteiger charge is 2.29. The third-order valence-electron chi connectivity index (χ3n) is 5.36. The standard InChI is InChI=1S/C20H30N4O5S/c1-15(22-30(27,28)19-7-5-17(6-8-19)21-16(2)25)20(26)24-11-9-23(10-12-24)14-18-4-3-13-29-18/h5-8,15,18,22H,3-4,9-14H2,1-2H3,(H,21,25). The number of benzene rings is 1. The van der Waals surface area contributed by atoms with E-state index in [1.165, 1.54) is 31.2 Å². The summed E-state index contributed by atoms with van der Waals surface area (Å²) in [4.78, 5) is 27.9. The number of rotatable bonds is 7. The predicted octanol–water partition coefficient (Wildman–Crippen LogP) is 0.635. The second-order valence-corrected chi connectivity index (χ2v) is 9.52. The second-order valence-electron chi connectivity index (χ2n) is 7.81. The first-order chi connectivity index (χ1) is 14.2. The van der Waals surface area contributed by atoms with E-state index < -0.39 is 16.1 Å². The smallest absolute Gasteiger partial charge is 0.241 e. The van der Waals surface area contributed by atoms with Gasteiger partial charge in [-0.1, -0.05) is 0 Å². The Kier molecular flexibility index (Phi) is 7.45. The van der Waals surface area contributed by atoms with E-state index in [0.717, 1.165) is 39.1 Å². The first-order valence-corrected chi connectivity index (χ1v) is 11.8. The molecule has 2 heterocycles. The van der Waals surface area contributed by atoms with Crippen molar-refractivity contribution in [2.24, 2.45) is 0 Å². The molecule has 2 aliphatic heterocycles. The average Bonchev–Trinajstić information content (AvgIpc) is 3.20. The number of hydrogen-bond acceptors (Lipinski definition) is 6. The fourth-order valence-electron chi connectivity index (χ4n) is 3.77. The molecule has 30 heavy (non-hydrogen) atoms. The van der Waals surface area contributed by atoms with Crippen molar-refractivity contribution in [2.45, 2.75) is 43.7 Å². The molecule has 0 saturated carbocycles. The number of carbonyl (C=O) groups excluding carboxylic acids is 2. The SMILES string of the molecule is CC(=O)Nc1ccc(S(=O)(=O)NC(C)C(=O)N2CCN(CC3CCCO3)CC2)cc1. The third-order valence-corrected chi connectivity index (χ3v) is 6.91. The number of nitrogens with zero attached hydrogens (tertiary/aromatic N) is 2. The molecule has 2 N–H and O–H groups in total. The number of anilines is 1. The summed E-state index contributed by atoms with van der Waals surface area (Å²) in [6.45, 7) is 7.32. The van der Waals surface area contributed by atoms with Gasteiger partial charge in [0.25, 0.3) is 0 Å². The normalized spacial score (nSPS) is 21.4. The highest BCUT2D eigenvalue weighted by molar-refractivity contribution is 7.89. The molecule has 0 bridgehead atoms. The number of carbonyl (C=O) groups is 2. The summed E-state index contributed by atoms with van der Waals surface area (Å²) in [6.07, 6.45) is 2.48. The van der Waals surface area contributed by atoms with E-state index in [1.54, 1.807) is 11.8 Å². The molecular formula is C20H30N4O5S. The molecular weight excluding hydrogens is 408 g/mol. The topological polar surface area (TPSA) is 108 Å². The summed E-state index contributed by atoms with van der Waals surface area (Å²) in [5, 5.41) is 2.58. The van der Waals surface area contributed by atoms with Crippen molar-refractivity contribution in [3.8, 4) is 0 Å². The van der Waals surface area contributed by atoms with Crippen molar-refractivity contribution in [1.82, 2.24) is 14.5 Å². The van der Waals surface area contributed by atoms with Gasteiger partial charge in [0.15, 0.2) is 0 Å². The molecule has 10 heteroatoms. The number of ether oxygens (including phenoxy) is 1. The second kappa shape index (κ2) is 9.86. The summed E-state index contributed by atoms with van der Waals surface area (Å²) in [5.41, 5.74) is 0.506. The molecule has 2 unspecified atom stereocenters. The van der Waals surface area contributed by atoms with Crippen LogP contribution in [-0.2, 0) is 24.3 Å². The van der Waals surface area contributed by atoms with E-state index in [9.17, 15) is 18.0 Å². The minimum atomic E-state index is -3.85. The number of nitrogens with one attached hydrogen (secondary N) is 2. The van der Waals surface area contributed by atoms with Gasteiger partial charge in [0, 0.05) is 51.9 Å². The lowest BCUT2D eigenvalue weighted by atomic mass is 10.2. The maximum Gasteiger partial charge on any atom is 0.241 e. The van der Waals surface area contributed by atoms with Crippen molar-refractivity contribution in [1.29, 1.82) is 0 Å². The number of hydrogen-bond donors (Lipinski definition) is 2. The van der Waals surface area contributed by atoms with E-state index in [0.29, 0.717) is 18.8 Å². The van der Waals surface area contributed by atoms with Crippen molar-refractivity contribution in [2.75, 3.05) is 44.6 Å². The lowest BCUT2D eigenvalue weighted by molar-refractivity contribution is -0.134. The zero-order valence-corrected chi connectivity index (χ0v) is 18.3. The molecule has 2 atom stereocenters. The predicted molar refractivity (Wildman–Crippen MR) is 113 cm³/mol. The van der Waals surface area contributed by atoms with Gasteiger partial charge in [-0.3, -0.25) is 14.5 Å². The van der Waals surface area contributed by atoms with Crippen molar-refractivity contribution >= 4 is 27.5 Å². The first-order valence-electron chi connectivity index (χ1n) is 10.3. The van der Waals surface area contributed by atoms with Crippen LogP contribution in [0.4, 0.5) is 5.69 Å². The minimum absolute atomic E-state index is 0.0395. The zero-order chi connectivity index (χ0) is 21.7. The van der Waals surface area contributed by atoms with Crippen molar-refractivity contribution in [3.63, 3.8) is 0 Å². The van der Waals surface area contributed by atoms with Gasteiger partial charge in [0.1, 0.15) is 0 Å². The third kappa shape index (κ3) is 6.00. The van der Waals surface area contributed by atoms with Crippen LogP contribution in [-0.4, -0.2) is 81.5 Å². The molecule has 9 nitrogen and oxygen atoms in total. The van der Waals surface area contributed by atoms with Gasteiger partial charge in [0.05, 0.1) is 17.0 Å². The molecule has 1 aromatic carbocycles. The van der Waals surface area contributed by atoms with Crippen LogP contribution in [0.3, 0.4) is 0 Å². The van der Waals surface area contributed by atoms with Crippen LogP contribution in [0.1, 0.15) is 26.7 Å². The molecule has 2 aliphatic rings. The number of sulfonamides is 1. The number of amides is 2. The molecule has 2 fully saturated rings. The van der Waals surface area contributed by atoms with E-state index in [-0.39, 0.29) is 22.8 Å². The largest absolute Gasteiger partial charge is 0.377 e. The lowest BCUT2D eigenvalue weighted by Crippen LogP contribution is -2.54. The Morgan fingerprint density at radius 3 is 2.40 bits per heavy atom. The summed E-state index contributed by atoms with van der Waals surface area (Å²) in [6, 6.07) is 4.95. The molecule has 2 amide bonds. The van der Waals surface area contributed by atoms with Crippen LogP contribution in [0, 0.1) is 0 Å². The van der Waals surface area contributed by atoms with Crippen molar-refractivity contribution < 1.29 is 22.7 Å². The molecule has 3 rings (SSSR count). The van der Waals surface area contributed by atoms with Crippen molar-refractivity contribution in [3.05, 3.63) is 24.3 Å². The molecule has 1 aromatic rings. The Bertz CT molecular complexity index is 844. The summed E-state index contributed by atoms with van der Waals surface area (Å²) in [5.74, 6) is -0.468. The fourth-order valence-corrected chi connectivity index (χ4v) is 4.97. The molecule has 0 radical (unpaired) electrons. The summed E-state index contributed by atoms with van der Waals surface area (Å²) >= 11 is 0. The van der Waals surface area contributed by atoms with Gasteiger partial charge in [-0.2, -0.15) is 4.72 Å². The van der Waals surface area contributed by atoms with E-state index in [1.807, 2.05) is 0 Å². The monoisotopic (exact) mass is 438 g/mol. The lowest BCUT2D eigenvalue weighted by Gasteiger charge is -2.36. The van der Waals surface area contributed by atoms with Crippen LogP contribution in [0.5, 0.6) is 0 Å². The average molecular weight is 439 g/mol. The first kappa shape index (κ1) is 22.7. The van der Waals surface area contributed by atoms with Gasteiger partial charge < -0.3 is 15.0 Å².